The van der Waals surface area contributed by atoms with E-state index in [4.69, 9.17) is 17.5 Å². The molecule has 7 heavy (non-hydrogen) atoms. The Morgan fingerprint density at radius 3 is 1.29 bits per heavy atom. The monoisotopic (exact) mass is 211 g/mol. The summed E-state index contributed by atoms with van der Waals surface area (Å²) in [5.41, 5.74) is 0. The van der Waals surface area contributed by atoms with Gasteiger partial charge in [0.15, 0.2) is 0 Å². The smallest absolute Gasteiger partial charge is 1.00 e. The van der Waals surface area contributed by atoms with Crippen LogP contribution in [0.2, 0.25) is 0 Å². The molecule has 0 saturated carbocycles. The van der Waals surface area contributed by atoms with Crippen molar-refractivity contribution in [3.8, 4) is 0 Å². The Morgan fingerprint density at radius 1 is 1.29 bits per heavy atom. The molecule has 0 heterocycles. The van der Waals surface area contributed by atoms with Crippen LogP contribution in [0.25, 0.3) is 0 Å². The second-order valence-electron chi connectivity index (χ2n) is 0.448. The Balaban J connectivity index is -0.0000000267. The van der Waals surface area contributed by atoms with Crippen molar-refractivity contribution >= 4 is 10.4 Å². The minimum Gasteiger partial charge on any atom is -1.00 e. The third-order valence-electron chi connectivity index (χ3n) is 0. The maximum Gasteiger partial charge on any atom is 1.00 e. The molecule has 0 aromatic rings. The maximum absolute atomic E-state index is 8.74. The molecule has 0 spiro atoms. The first kappa shape index (κ1) is 16.0. The summed E-state index contributed by atoms with van der Waals surface area (Å²) in [5.74, 6) is 0. The van der Waals surface area contributed by atoms with Gasteiger partial charge in [0.1, 0.15) is 0 Å². The van der Waals surface area contributed by atoms with Gasteiger partial charge in [-0.1, -0.05) is 0 Å². The first-order valence-corrected chi connectivity index (χ1v) is 2.10. The Labute approximate surface area is 90.3 Å². The van der Waals surface area contributed by atoms with E-state index in [0.717, 1.165) is 0 Å². The van der Waals surface area contributed by atoms with Gasteiger partial charge in [-0.25, -0.2) is 0 Å². The van der Waals surface area contributed by atoms with Crippen molar-refractivity contribution in [1.82, 2.24) is 0 Å². The summed E-state index contributed by atoms with van der Waals surface area (Å²) in [6.07, 6.45) is 0. The molecule has 2 N–H and O–H groups in total. The zero-order chi connectivity index (χ0) is 4.50. The predicted octanol–water partition coefficient (Wildman–Crippen LogP) is -3.54. The molecule has 0 aliphatic carbocycles. The van der Waals surface area contributed by atoms with Crippen LogP contribution >= 0.6 is 0 Å². The SMILES string of the molecule is O=S(=O)(O)O.[H-].[Na+].[Y]. The third-order valence-corrected chi connectivity index (χ3v) is 0. The van der Waals surface area contributed by atoms with Gasteiger partial charge >= 0.3 is 40.0 Å². The molecule has 0 fully saturated rings. The molecule has 0 amide bonds. The predicted molar refractivity (Wildman–Crippen MR) is 15.3 cm³/mol. The topological polar surface area (TPSA) is 74.6 Å². The van der Waals surface area contributed by atoms with Gasteiger partial charge in [0.05, 0.1) is 0 Å². The van der Waals surface area contributed by atoms with Crippen molar-refractivity contribution < 1.29 is 81.2 Å². The Bertz CT molecular complexity index is 99.2. The standard InChI is InChI=1S/Na.H2O4S.Y.H/c;1-5(2,3)4;;/h;(H2,1,2,3,4);;/q+1;;;-1. The second-order valence-corrected chi connectivity index (χ2v) is 1.34. The largest absolute Gasteiger partial charge is 1.00 e. The van der Waals surface area contributed by atoms with E-state index in [2.05, 4.69) is 0 Å². The van der Waals surface area contributed by atoms with Crippen LogP contribution in [0.15, 0.2) is 0 Å². The van der Waals surface area contributed by atoms with Gasteiger partial charge in [-0.2, -0.15) is 8.42 Å². The molecule has 0 atom stereocenters. The minimum atomic E-state index is -4.67. The normalized spacial score (nSPS) is 8.29. The molecule has 0 aliphatic rings. The summed E-state index contributed by atoms with van der Waals surface area (Å²) in [6.45, 7) is 0. The summed E-state index contributed by atoms with van der Waals surface area (Å²) < 4.78 is 31.6. The average molecular weight is 211 g/mol. The van der Waals surface area contributed by atoms with Gasteiger partial charge in [0, 0.05) is 32.7 Å². The van der Waals surface area contributed by atoms with Crippen molar-refractivity contribution in [3.63, 3.8) is 0 Å². The van der Waals surface area contributed by atoms with Gasteiger partial charge in [0.2, 0.25) is 0 Å². The van der Waals surface area contributed by atoms with E-state index >= 15 is 0 Å². The average Bonchev–Trinajstić information content (AvgIpc) is 0.722. The molecule has 0 bridgehead atoms. The summed E-state index contributed by atoms with van der Waals surface area (Å²) in [6, 6.07) is 0. The molecule has 37 valence electrons. The van der Waals surface area contributed by atoms with Crippen LogP contribution in [0.4, 0.5) is 0 Å². The van der Waals surface area contributed by atoms with E-state index in [1.165, 1.54) is 0 Å². The van der Waals surface area contributed by atoms with Crippen LogP contribution in [-0.4, -0.2) is 17.5 Å². The van der Waals surface area contributed by atoms with E-state index in [1.807, 2.05) is 0 Å². The van der Waals surface area contributed by atoms with Crippen LogP contribution in [0.3, 0.4) is 0 Å². The maximum atomic E-state index is 8.74. The zero-order valence-corrected chi connectivity index (χ0v) is 9.35. The summed E-state index contributed by atoms with van der Waals surface area (Å²) >= 11 is 0. The Morgan fingerprint density at radius 2 is 1.29 bits per heavy atom. The Kier molecular flexibility index (Phi) is 13.9. The van der Waals surface area contributed by atoms with Crippen molar-refractivity contribution in [1.29, 1.82) is 0 Å². The fraction of sp³-hybridized carbons (Fsp3) is 0. The quantitative estimate of drug-likeness (QED) is 0.321. The van der Waals surface area contributed by atoms with Gasteiger partial charge in [-0.05, 0) is 0 Å². The van der Waals surface area contributed by atoms with E-state index in [-0.39, 0.29) is 63.7 Å². The first-order valence-electron chi connectivity index (χ1n) is 0.698. The third kappa shape index (κ3) is 73.0. The molecule has 0 aromatic heterocycles. The minimum absolute atomic E-state index is 0. The van der Waals surface area contributed by atoms with Crippen LogP contribution < -0.4 is 29.6 Å². The van der Waals surface area contributed by atoms with Crippen molar-refractivity contribution in [2.24, 2.45) is 0 Å². The molecule has 7 heteroatoms. The fourth-order valence-electron chi connectivity index (χ4n) is 0. The molecule has 4 nitrogen and oxygen atoms in total. The van der Waals surface area contributed by atoms with Crippen molar-refractivity contribution in [2.75, 3.05) is 0 Å². The van der Waals surface area contributed by atoms with Crippen LogP contribution in [0.1, 0.15) is 1.43 Å². The molecule has 0 saturated heterocycles. The molecule has 0 unspecified atom stereocenters. The summed E-state index contributed by atoms with van der Waals surface area (Å²) in [7, 11) is -4.67. The Hall–Kier alpha value is 1.97. The summed E-state index contributed by atoms with van der Waals surface area (Å²) in [4.78, 5) is 0. The zero-order valence-electron chi connectivity index (χ0n) is 4.70. The van der Waals surface area contributed by atoms with Gasteiger partial charge in [0.25, 0.3) is 0 Å². The molecule has 0 aromatic carbocycles. The number of hydrogen-bond donors (Lipinski definition) is 2. The molecular formula is H3NaO4SY. The molecule has 1 radical (unpaired) electrons. The molecule has 0 aliphatic heterocycles. The second kappa shape index (κ2) is 6.10. The van der Waals surface area contributed by atoms with E-state index in [1.54, 1.807) is 0 Å². The van der Waals surface area contributed by atoms with Crippen molar-refractivity contribution in [2.45, 2.75) is 0 Å². The van der Waals surface area contributed by atoms with Gasteiger partial charge < -0.3 is 1.43 Å². The van der Waals surface area contributed by atoms with E-state index in [0.29, 0.717) is 0 Å². The van der Waals surface area contributed by atoms with Crippen molar-refractivity contribution in [3.05, 3.63) is 0 Å². The summed E-state index contributed by atoms with van der Waals surface area (Å²) in [5, 5.41) is 0. The molecular weight excluding hydrogens is 208 g/mol. The molecule has 0 rings (SSSR count). The van der Waals surface area contributed by atoms with Gasteiger partial charge in [-0.15, -0.1) is 0 Å². The fourth-order valence-corrected chi connectivity index (χ4v) is 0. The first-order chi connectivity index (χ1) is 2.00. The number of hydrogen-bond acceptors (Lipinski definition) is 2. The number of rotatable bonds is 0. The van der Waals surface area contributed by atoms with Gasteiger partial charge in [-0.3, -0.25) is 9.11 Å². The van der Waals surface area contributed by atoms with Crippen LogP contribution in [-0.2, 0) is 43.1 Å². The van der Waals surface area contributed by atoms with Crippen LogP contribution in [0.5, 0.6) is 0 Å². The van der Waals surface area contributed by atoms with Crippen LogP contribution in [0, 0.1) is 0 Å². The van der Waals surface area contributed by atoms with E-state index in [9.17, 15) is 0 Å². The van der Waals surface area contributed by atoms with E-state index < -0.39 is 10.4 Å².